The number of aromatic amines is 1. The lowest BCUT2D eigenvalue weighted by molar-refractivity contribution is 0.104. The van der Waals surface area contributed by atoms with Crippen molar-refractivity contribution in [2.24, 2.45) is 0 Å². The Morgan fingerprint density at radius 3 is 2.50 bits per heavy atom. The van der Waals surface area contributed by atoms with Crippen LogP contribution >= 0.6 is 0 Å². The fourth-order valence-electron chi connectivity index (χ4n) is 2.83. The van der Waals surface area contributed by atoms with Gasteiger partial charge in [0.05, 0.1) is 11.2 Å². The number of nitrogens with zero attached hydrogens (tertiary/aromatic N) is 1. The number of rotatable bonds is 0. The van der Waals surface area contributed by atoms with Crippen LogP contribution in [0.25, 0.3) is 22.2 Å². The van der Waals surface area contributed by atoms with E-state index in [-0.39, 0.29) is 5.78 Å². The highest BCUT2D eigenvalue weighted by molar-refractivity contribution is 6.24. The van der Waals surface area contributed by atoms with Gasteiger partial charge < -0.3 is 4.98 Å². The normalized spacial score (nSPS) is 12.6. The predicted molar refractivity (Wildman–Crippen MR) is 76.0 cm³/mol. The molecule has 1 aliphatic rings. The number of aryl methyl sites for hydroxylation is 1. The molecule has 1 N–H and O–H groups in total. The van der Waals surface area contributed by atoms with Crippen molar-refractivity contribution in [3.05, 3.63) is 63.6 Å². The Kier molecular flexibility index (Phi) is 2.02. The summed E-state index contributed by atoms with van der Waals surface area (Å²) in [6, 6.07) is 11.0. The van der Waals surface area contributed by atoms with Crippen molar-refractivity contribution in [1.29, 1.82) is 0 Å². The molecule has 4 rings (SSSR count). The number of carbonyl (C=O) groups excluding carboxylic acids is 1. The lowest BCUT2D eigenvalue weighted by Gasteiger charge is -2.19. The number of H-pyrrole nitrogens is 1. The number of aromatic nitrogens is 2. The molecule has 0 saturated heterocycles. The van der Waals surface area contributed by atoms with Gasteiger partial charge in [0.1, 0.15) is 0 Å². The van der Waals surface area contributed by atoms with Crippen LogP contribution in [0.2, 0.25) is 0 Å². The third kappa shape index (κ3) is 1.28. The molecule has 0 radical (unpaired) electrons. The Hall–Kier alpha value is -2.75. The Bertz CT molecular complexity index is 954. The predicted octanol–water partition coefficient (Wildman–Crippen LogP) is 2.44. The highest BCUT2D eigenvalue weighted by Crippen LogP contribution is 2.37. The molecular formula is C16H10N2O2. The van der Waals surface area contributed by atoms with Crippen LogP contribution in [0, 0.1) is 6.92 Å². The number of nitrogens with one attached hydrogen (secondary N) is 1. The van der Waals surface area contributed by atoms with E-state index >= 15 is 0 Å². The second-order valence-electron chi connectivity index (χ2n) is 4.95. The van der Waals surface area contributed by atoms with Crippen LogP contribution in [0.15, 0.2) is 41.2 Å². The molecule has 0 spiro atoms. The number of benzene rings is 2. The largest absolute Gasteiger partial charge is 0.345 e. The highest BCUT2D eigenvalue weighted by Gasteiger charge is 2.26. The van der Waals surface area contributed by atoms with Crippen molar-refractivity contribution < 1.29 is 4.79 Å². The van der Waals surface area contributed by atoms with Crippen molar-refractivity contribution in [2.75, 3.05) is 0 Å². The minimum atomic E-state index is -0.392. The molecule has 96 valence electrons. The van der Waals surface area contributed by atoms with Crippen molar-refractivity contribution in [1.82, 2.24) is 9.97 Å². The molecule has 4 nitrogen and oxygen atoms in total. The van der Waals surface area contributed by atoms with Gasteiger partial charge in [-0.05, 0) is 18.6 Å². The van der Waals surface area contributed by atoms with Gasteiger partial charge >= 0.3 is 5.69 Å². The highest BCUT2D eigenvalue weighted by atomic mass is 16.1. The number of ketones is 1. The Labute approximate surface area is 114 Å². The zero-order valence-corrected chi connectivity index (χ0v) is 10.7. The summed E-state index contributed by atoms with van der Waals surface area (Å²) in [6.45, 7) is 1.89. The maximum absolute atomic E-state index is 12.6. The van der Waals surface area contributed by atoms with Crippen LogP contribution in [0.5, 0.6) is 0 Å². The topological polar surface area (TPSA) is 62.8 Å². The van der Waals surface area contributed by atoms with Crippen molar-refractivity contribution in [2.45, 2.75) is 6.92 Å². The number of fused-ring (bicyclic) bond motifs is 2. The molecule has 0 bridgehead atoms. The second kappa shape index (κ2) is 3.63. The summed E-state index contributed by atoms with van der Waals surface area (Å²) in [4.78, 5) is 31.2. The first-order valence-electron chi connectivity index (χ1n) is 6.34. The van der Waals surface area contributed by atoms with E-state index in [2.05, 4.69) is 9.97 Å². The second-order valence-corrected chi connectivity index (χ2v) is 4.95. The third-order valence-corrected chi connectivity index (χ3v) is 3.76. The summed E-state index contributed by atoms with van der Waals surface area (Å²) < 4.78 is 0. The molecule has 2 aromatic carbocycles. The van der Waals surface area contributed by atoms with E-state index in [0.717, 1.165) is 16.5 Å². The standard InChI is InChI=1S/C16H10N2O2/c1-8-6-7-11-12-13(8)17-16(20)18-14(12)9-4-2-3-5-10(9)15(11)19/h2-7H,1H3,(H,17,18,20). The fourth-order valence-corrected chi connectivity index (χ4v) is 2.83. The van der Waals surface area contributed by atoms with Gasteiger partial charge in [0.2, 0.25) is 0 Å². The van der Waals surface area contributed by atoms with E-state index in [1.165, 1.54) is 0 Å². The molecule has 0 saturated carbocycles. The molecule has 0 unspecified atom stereocenters. The van der Waals surface area contributed by atoms with Crippen LogP contribution in [0.4, 0.5) is 0 Å². The molecule has 4 heteroatoms. The van der Waals surface area contributed by atoms with E-state index in [9.17, 15) is 9.59 Å². The van der Waals surface area contributed by atoms with Gasteiger partial charge in [0.15, 0.2) is 5.78 Å². The zero-order chi connectivity index (χ0) is 13.9. The molecule has 0 atom stereocenters. The van der Waals surface area contributed by atoms with Crippen LogP contribution in [0.3, 0.4) is 0 Å². The van der Waals surface area contributed by atoms with Gasteiger partial charge in [-0.2, -0.15) is 4.98 Å². The summed E-state index contributed by atoms with van der Waals surface area (Å²) in [5.41, 5.74) is 3.77. The molecule has 1 heterocycles. The number of carbonyl (C=O) groups is 1. The fraction of sp³-hybridized carbons (Fsp3) is 0.0625. The van der Waals surface area contributed by atoms with Crippen molar-refractivity contribution >= 4 is 16.7 Å². The van der Waals surface area contributed by atoms with Gasteiger partial charge in [-0.15, -0.1) is 0 Å². The lowest BCUT2D eigenvalue weighted by Crippen LogP contribution is -2.18. The molecular weight excluding hydrogens is 252 g/mol. The first kappa shape index (κ1) is 11.1. The van der Waals surface area contributed by atoms with Gasteiger partial charge in [-0.1, -0.05) is 30.3 Å². The van der Waals surface area contributed by atoms with Crippen LogP contribution in [-0.2, 0) is 0 Å². The van der Waals surface area contributed by atoms with Gasteiger partial charge in [0, 0.05) is 22.1 Å². The SMILES string of the molecule is Cc1ccc2c3c([nH]c(=O)nc13)-c1ccccc1C2=O. The molecule has 3 aromatic rings. The first-order chi connectivity index (χ1) is 9.66. The molecule has 20 heavy (non-hydrogen) atoms. The molecule has 1 aromatic heterocycles. The smallest absolute Gasteiger partial charge is 0.305 e. The van der Waals surface area contributed by atoms with E-state index in [1.807, 2.05) is 31.2 Å². The summed E-state index contributed by atoms with van der Waals surface area (Å²) >= 11 is 0. The minimum Gasteiger partial charge on any atom is -0.305 e. The monoisotopic (exact) mass is 262 g/mol. The lowest BCUT2D eigenvalue weighted by atomic mass is 9.86. The van der Waals surface area contributed by atoms with E-state index in [1.54, 1.807) is 12.1 Å². The summed E-state index contributed by atoms with van der Waals surface area (Å²) in [7, 11) is 0. The average molecular weight is 262 g/mol. The first-order valence-corrected chi connectivity index (χ1v) is 6.34. The van der Waals surface area contributed by atoms with E-state index < -0.39 is 5.69 Å². The maximum atomic E-state index is 12.6. The molecule has 0 amide bonds. The minimum absolute atomic E-state index is 0.0213. The van der Waals surface area contributed by atoms with Crippen LogP contribution in [-0.4, -0.2) is 15.8 Å². The van der Waals surface area contributed by atoms with Crippen molar-refractivity contribution in [3.63, 3.8) is 0 Å². The summed E-state index contributed by atoms with van der Waals surface area (Å²) in [6.07, 6.45) is 0. The Morgan fingerprint density at radius 1 is 0.950 bits per heavy atom. The maximum Gasteiger partial charge on any atom is 0.345 e. The summed E-state index contributed by atoms with van der Waals surface area (Å²) in [5.74, 6) is -0.0213. The number of hydrogen-bond acceptors (Lipinski definition) is 3. The van der Waals surface area contributed by atoms with Gasteiger partial charge in [-0.3, -0.25) is 4.79 Å². The third-order valence-electron chi connectivity index (χ3n) is 3.76. The molecule has 0 aliphatic heterocycles. The van der Waals surface area contributed by atoms with Crippen molar-refractivity contribution in [3.8, 4) is 11.3 Å². The van der Waals surface area contributed by atoms with Crippen LogP contribution < -0.4 is 5.69 Å². The number of hydrogen-bond donors (Lipinski definition) is 1. The van der Waals surface area contributed by atoms with Crippen LogP contribution in [0.1, 0.15) is 21.5 Å². The molecule has 1 aliphatic carbocycles. The molecule has 0 fully saturated rings. The van der Waals surface area contributed by atoms with E-state index in [4.69, 9.17) is 0 Å². The Balaban J connectivity index is 2.32. The van der Waals surface area contributed by atoms with Gasteiger partial charge in [0.25, 0.3) is 0 Å². The quantitative estimate of drug-likeness (QED) is 0.529. The summed E-state index contributed by atoms with van der Waals surface area (Å²) in [5, 5.41) is 0.744. The average Bonchev–Trinajstić information content (AvgIpc) is 2.46. The zero-order valence-electron chi connectivity index (χ0n) is 10.7. The van der Waals surface area contributed by atoms with E-state index in [0.29, 0.717) is 22.3 Å². The Morgan fingerprint density at radius 2 is 1.70 bits per heavy atom. The van der Waals surface area contributed by atoms with Gasteiger partial charge in [-0.25, -0.2) is 4.79 Å².